The van der Waals surface area contributed by atoms with Crippen LogP contribution in [0.2, 0.25) is 0 Å². The van der Waals surface area contributed by atoms with Gasteiger partial charge in [0.05, 0.1) is 41.1 Å². The summed E-state index contributed by atoms with van der Waals surface area (Å²) in [5.41, 5.74) is 3.11. The Balaban J connectivity index is 0.896. The minimum absolute atomic E-state index is 0.256. The van der Waals surface area contributed by atoms with Gasteiger partial charge < -0.3 is 9.68 Å². The van der Waals surface area contributed by atoms with Crippen LogP contribution in [-0.4, -0.2) is 59.3 Å². The van der Waals surface area contributed by atoms with Crippen molar-refractivity contribution in [3.8, 4) is 0 Å². The highest BCUT2D eigenvalue weighted by Crippen LogP contribution is 2.23. The van der Waals surface area contributed by atoms with E-state index in [4.69, 9.17) is 9.68 Å². The van der Waals surface area contributed by atoms with Gasteiger partial charge in [-0.25, -0.2) is 18.9 Å². The predicted molar refractivity (Wildman–Crippen MR) is 159 cm³/mol. The third-order valence-corrected chi connectivity index (χ3v) is 7.35. The van der Waals surface area contributed by atoms with E-state index in [-0.39, 0.29) is 37.1 Å². The van der Waals surface area contributed by atoms with Gasteiger partial charge in [-0.05, 0) is 24.3 Å². The number of aryl methyl sites for hydroxylation is 2. The van der Waals surface area contributed by atoms with Crippen molar-refractivity contribution in [2.45, 2.75) is 19.5 Å². The van der Waals surface area contributed by atoms with Crippen LogP contribution >= 0.6 is 0 Å². The van der Waals surface area contributed by atoms with E-state index >= 15 is 0 Å². The fourth-order valence-corrected chi connectivity index (χ4v) is 4.93. The van der Waals surface area contributed by atoms with Crippen LogP contribution in [0.5, 0.6) is 0 Å². The molecule has 0 unspecified atom stereocenters. The Morgan fingerprint density at radius 3 is 1.20 bits per heavy atom. The van der Waals surface area contributed by atoms with Crippen molar-refractivity contribution in [2.75, 3.05) is 13.5 Å². The minimum atomic E-state index is -0.390. The molecule has 45 heavy (non-hydrogen) atoms. The number of fused-ring (bicyclic) bond motifs is 2. The standard InChI is InChI=1S/C33H28N6O6/c40-30-26-6-1-2-7-27(26)31(41)38(30)22-44-34-20-24-10-16-36(17-11-24)14-5-15-37-18-12-25(13-19-37)21-35-45-23-39-32(42)28-8-3-4-9-29(28)33(39)43/h1-4,6-13,16-21H,5,14-15,22-23H2/q+2/b34-20+,35-21+. The van der Waals surface area contributed by atoms with E-state index in [0.29, 0.717) is 22.3 Å². The zero-order chi connectivity index (χ0) is 31.2. The molecule has 0 N–H and O–H groups in total. The van der Waals surface area contributed by atoms with Gasteiger partial charge in [0.2, 0.25) is 0 Å². The first-order valence-corrected chi connectivity index (χ1v) is 14.2. The number of oxime groups is 2. The lowest BCUT2D eigenvalue weighted by Crippen LogP contribution is -2.38. The Labute approximate surface area is 258 Å². The zero-order valence-electron chi connectivity index (χ0n) is 24.1. The smallest absolute Gasteiger partial charge is 0.264 e. The number of aromatic nitrogens is 2. The topological polar surface area (TPSA) is 126 Å². The lowest BCUT2D eigenvalue weighted by Gasteiger charge is -2.11. The SMILES string of the molecule is O=C1c2ccccc2C(=O)N1CO/N=C/c1cc[n+](CCC[n+]2ccc(/C=N/OCN3C(=O)c4ccccc4C3=O)cc2)cc1. The molecule has 0 aliphatic carbocycles. The maximum atomic E-state index is 12.4. The van der Waals surface area contributed by atoms with Crippen LogP contribution in [0, 0.1) is 0 Å². The molecule has 12 heteroatoms. The highest BCUT2D eigenvalue weighted by molar-refractivity contribution is 6.21. The van der Waals surface area contributed by atoms with Crippen LogP contribution in [0.4, 0.5) is 0 Å². The molecule has 2 aromatic heterocycles. The summed E-state index contributed by atoms with van der Waals surface area (Å²) in [5, 5.41) is 7.80. The highest BCUT2D eigenvalue weighted by atomic mass is 16.6. The first-order chi connectivity index (χ1) is 22.0. The number of carbonyl (C=O) groups is 4. The molecular weight excluding hydrogens is 576 g/mol. The third-order valence-electron chi connectivity index (χ3n) is 7.35. The quantitative estimate of drug-likeness (QED) is 0.106. The summed E-state index contributed by atoms with van der Waals surface area (Å²) >= 11 is 0. The van der Waals surface area contributed by atoms with Gasteiger partial charge in [0, 0.05) is 35.4 Å². The summed E-state index contributed by atoms with van der Waals surface area (Å²) in [7, 11) is 0. The maximum absolute atomic E-state index is 12.4. The fourth-order valence-electron chi connectivity index (χ4n) is 4.93. The zero-order valence-corrected chi connectivity index (χ0v) is 24.1. The summed E-state index contributed by atoms with van der Waals surface area (Å²) in [5.74, 6) is -1.56. The Morgan fingerprint density at radius 2 is 0.867 bits per heavy atom. The molecule has 6 rings (SSSR count). The van der Waals surface area contributed by atoms with Gasteiger partial charge in [-0.3, -0.25) is 19.2 Å². The van der Waals surface area contributed by atoms with E-state index < -0.39 is 0 Å². The van der Waals surface area contributed by atoms with E-state index in [1.54, 1.807) is 48.5 Å². The second-order valence-electron chi connectivity index (χ2n) is 10.2. The molecule has 2 aliphatic rings. The van der Waals surface area contributed by atoms with Crippen molar-refractivity contribution in [1.82, 2.24) is 9.80 Å². The van der Waals surface area contributed by atoms with Crippen molar-refractivity contribution in [3.05, 3.63) is 131 Å². The lowest BCUT2D eigenvalue weighted by molar-refractivity contribution is -0.726. The molecule has 0 bridgehead atoms. The Bertz CT molecular complexity index is 1620. The van der Waals surface area contributed by atoms with E-state index in [9.17, 15) is 19.2 Å². The third kappa shape index (κ3) is 6.34. The lowest BCUT2D eigenvalue weighted by atomic mass is 10.1. The van der Waals surface area contributed by atoms with Gasteiger partial charge in [-0.1, -0.05) is 34.6 Å². The molecule has 2 aliphatic heterocycles. The van der Waals surface area contributed by atoms with Gasteiger partial charge >= 0.3 is 0 Å². The molecule has 4 aromatic rings. The number of hydrogen-bond acceptors (Lipinski definition) is 8. The number of hydrogen-bond donors (Lipinski definition) is 0. The molecule has 0 fully saturated rings. The van der Waals surface area contributed by atoms with E-state index in [1.165, 1.54) is 12.4 Å². The van der Waals surface area contributed by atoms with Gasteiger partial charge in [0.1, 0.15) is 0 Å². The molecule has 0 atom stereocenters. The average Bonchev–Trinajstić information content (AvgIpc) is 3.46. The van der Waals surface area contributed by atoms with Gasteiger partial charge in [-0.15, -0.1) is 0 Å². The van der Waals surface area contributed by atoms with E-state index in [2.05, 4.69) is 19.4 Å². The second kappa shape index (κ2) is 13.1. The summed E-state index contributed by atoms with van der Waals surface area (Å²) in [4.78, 5) is 62.0. The van der Waals surface area contributed by atoms with Crippen molar-refractivity contribution < 1.29 is 38.0 Å². The van der Waals surface area contributed by atoms with Crippen LogP contribution in [0.15, 0.2) is 108 Å². The molecule has 2 aromatic carbocycles. The molecular formula is C33H28N6O6+2. The molecule has 224 valence electrons. The first kappa shape index (κ1) is 29.1. The monoisotopic (exact) mass is 604 g/mol. The van der Waals surface area contributed by atoms with Crippen molar-refractivity contribution in [2.24, 2.45) is 10.3 Å². The normalized spacial score (nSPS) is 14.1. The highest BCUT2D eigenvalue weighted by Gasteiger charge is 2.36. The summed E-state index contributed by atoms with van der Waals surface area (Å²) in [6.07, 6.45) is 11.7. The minimum Gasteiger partial charge on any atom is -0.373 e. The molecule has 0 saturated carbocycles. The number of rotatable bonds is 12. The van der Waals surface area contributed by atoms with E-state index in [1.807, 2.05) is 49.1 Å². The molecule has 0 saturated heterocycles. The number of nitrogens with zero attached hydrogens (tertiary/aromatic N) is 6. The Hall–Kier alpha value is -6.04. The van der Waals surface area contributed by atoms with Gasteiger partial charge in [0.25, 0.3) is 23.6 Å². The fraction of sp³-hybridized carbons (Fsp3) is 0.152. The molecule has 0 radical (unpaired) electrons. The van der Waals surface area contributed by atoms with Gasteiger partial charge in [0.15, 0.2) is 51.3 Å². The van der Waals surface area contributed by atoms with Gasteiger partial charge in [-0.2, -0.15) is 0 Å². The average molecular weight is 605 g/mol. The number of carbonyl (C=O) groups excluding carboxylic acids is 4. The maximum Gasteiger partial charge on any atom is 0.264 e. The number of benzene rings is 2. The number of imide groups is 2. The van der Waals surface area contributed by atoms with Crippen LogP contribution in [-0.2, 0) is 22.8 Å². The van der Waals surface area contributed by atoms with Crippen molar-refractivity contribution in [3.63, 3.8) is 0 Å². The molecule has 4 heterocycles. The van der Waals surface area contributed by atoms with Crippen molar-refractivity contribution in [1.29, 1.82) is 0 Å². The van der Waals surface area contributed by atoms with Crippen LogP contribution in [0.1, 0.15) is 59.0 Å². The summed E-state index contributed by atoms with van der Waals surface area (Å²) in [6.45, 7) is 1.09. The number of pyridine rings is 2. The van der Waals surface area contributed by atoms with Crippen LogP contribution < -0.4 is 9.13 Å². The first-order valence-electron chi connectivity index (χ1n) is 14.2. The number of amides is 4. The summed E-state index contributed by atoms with van der Waals surface area (Å²) in [6, 6.07) is 20.9. The van der Waals surface area contributed by atoms with E-state index in [0.717, 1.165) is 40.4 Å². The van der Waals surface area contributed by atoms with Crippen LogP contribution in [0.3, 0.4) is 0 Å². The largest absolute Gasteiger partial charge is 0.373 e. The van der Waals surface area contributed by atoms with Crippen molar-refractivity contribution >= 4 is 36.1 Å². The summed E-state index contributed by atoms with van der Waals surface area (Å²) < 4.78 is 4.12. The second-order valence-corrected chi connectivity index (χ2v) is 10.2. The molecule has 0 spiro atoms. The van der Waals surface area contributed by atoms with Crippen LogP contribution in [0.25, 0.3) is 0 Å². The molecule has 4 amide bonds. The Kier molecular flexibility index (Phi) is 8.45. The molecule has 12 nitrogen and oxygen atoms in total. The Morgan fingerprint density at radius 1 is 0.533 bits per heavy atom. The predicted octanol–water partition coefficient (Wildman–Crippen LogP) is 2.56.